The standard InChI is InChI=1S/C15H27NO/c1-12(2)8-13(3,4)10-15(9-12)7-11(17)16-14(15,5)6/h7-10H2,1-6H3,(H,16,17). The van der Waals surface area contributed by atoms with Crippen molar-refractivity contribution in [1.29, 1.82) is 0 Å². The van der Waals surface area contributed by atoms with Gasteiger partial charge in [0.2, 0.25) is 5.91 Å². The van der Waals surface area contributed by atoms with Gasteiger partial charge in [-0.15, -0.1) is 0 Å². The lowest BCUT2D eigenvalue weighted by Gasteiger charge is -2.55. The van der Waals surface area contributed by atoms with Crippen LogP contribution in [0.1, 0.15) is 67.2 Å². The minimum Gasteiger partial charge on any atom is -0.351 e. The summed E-state index contributed by atoms with van der Waals surface area (Å²) in [5.74, 6) is 0.239. The van der Waals surface area contributed by atoms with Crippen LogP contribution in [-0.2, 0) is 4.79 Å². The molecule has 1 spiro atoms. The molecule has 0 aromatic heterocycles. The molecule has 0 unspecified atom stereocenters. The summed E-state index contributed by atoms with van der Waals surface area (Å²) in [4.78, 5) is 11.8. The molecule has 98 valence electrons. The average Bonchev–Trinajstić information content (AvgIpc) is 2.11. The fraction of sp³-hybridized carbons (Fsp3) is 0.933. The smallest absolute Gasteiger partial charge is 0.221 e. The van der Waals surface area contributed by atoms with Crippen LogP contribution in [0, 0.1) is 16.2 Å². The first-order valence-corrected chi connectivity index (χ1v) is 6.78. The molecular weight excluding hydrogens is 210 g/mol. The third kappa shape index (κ3) is 2.11. The number of hydrogen-bond acceptors (Lipinski definition) is 1. The van der Waals surface area contributed by atoms with E-state index in [0.29, 0.717) is 17.3 Å². The van der Waals surface area contributed by atoms with Crippen LogP contribution in [-0.4, -0.2) is 11.4 Å². The molecule has 1 aliphatic heterocycles. The second-order valence-corrected chi connectivity index (χ2v) is 8.49. The predicted octanol–water partition coefficient (Wildman–Crippen LogP) is 3.51. The number of hydrogen-bond donors (Lipinski definition) is 1. The van der Waals surface area contributed by atoms with Crippen molar-refractivity contribution in [2.75, 3.05) is 0 Å². The van der Waals surface area contributed by atoms with Gasteiger partial charge in [-0.2, -0.15) is 0 Å². The predicted molar refractivity (Wildman–Crippen MR) is 70.7 cm³/mol. The Morgan fingerprint density at radius 3 is 1.71 bits per heavy atom. The molecule has 2 rings (SSSR count). The number of nitrogens with one attached hydrogen (secondary N) is 1. The van der Waals surface area contributed by atoms with Crippen LogP contribution in [0.5, 0.6) is 0 Å². The average molecular weight is 237 g/mol. The molecule has 0 bridgehead atoms. The molecule has 1 aliphatic carbocycles. The second-order valence-electron chi connectivity index (χ2n) is 8.49. The van der Waals surface area contributed by atoms with Gasteiger partial charge in [-0.3, -0.25) is 4.79 Å². The lowest BCUT2D eigenvalue weighted by molar-refractivity contribution is -0.120. The van der Waals surface area contributed by atoms with Crippen molar-refractivity contribution < 1.29 is 4.79 Å². The first-order chi connectivity index (χ1) is 7.47. The molecule has 0 aromatic carbocycles. The molecule has 2 nitrogen and oxygen atoms in total. The maximum atomic E-state index is 11.8. The molecule has 1 saturated carbocycles. The number of carbonyl (C=O) groups is 1. The first-order valence-electron chi connectivity index (χ1n) is 6.78. The fourth-order valence-electron chi connectivity index (χ4n) is 4.94. The SMILES string of the molecule is CC1(C)CC(C)(C)CC2(CC(=O)NC2(C)C)C1. The van der Waals surface area contributed by atoms with Crippen LogP contribution < -0.4 is 5.32 Å². The summed E-state index contributed by atoms with van der Waals surface area (Å²) in [5.41, 5.74) is 0.769. The highest BCUT2D eigenvalue weighted by Crippen LogP contribution is 2.61. The van der Waals surface area contributed by atoms with E-state index < -0.39 is 0 Å². The Bertz CT molecular complexity index is 336. The van der Waals surface area contributed by atoms with E-state index in [2.05, 4.69) is 46.9 Å². The molecule has 2 heteroatoms. The van der Waals surface area contributed by atoms with Crippen molar-refractivity contribution in [3.63, 3.8) is 0 Å². The van der Waals surface area contributed by atoms with E-state index in [0.717, 1.165) is 12.8 Å². The molecule has 2 fully saturated rings. The molecular formula is C15H27NO. The van der Waals surface area contributed by atoms with Gasteiger partial charge in [0.25, 0.3) is 0 Å². The van der Waals surface area contributed by atoms with Gasteiger partial charge >= 0.3 is 0 Å². The fourth-order valence-corrected chi connectivity index (χ4v) is 4.94. The Kier molecular flexibility index (Phi) is 2.48. The summed E-state index contributed by atoms with van der Waals surface area (Å²) < 4.78 is 0. The van der Waals surface area contributed by atoms with Gasteiger partial charge in [-0.25, -0.2) is 0 Å². The van der Waals surface area contributed by atoms with Crippen molar-refractivity contribution in [1.82, 2.24) is 5.32 Å². The largest absolute Gasteiger partial charge is 0.351 e. The molecule has 0 aromatic rings. The van der Waals surface area contributed by atoms with Crippen molar-refractivity contribution in [3.05, 3.63) is 0 Å². The van der Waals surface area contributed by atoms with Gasteiger partial charge < -0.3 is 5.32 Å². The van der Waals surface area contributed by atoms with Crippen LogP contribution in [0.4, 0.5) is 0 Å². The maximum absolute atomic E-state index is 11.8. The summed E-state index contributed by atoms with van der Waals surface area (Å²) in [6.07, 6.45) is 4.29. The highest BCUT2D eigenvalue weighted by molar-refractivity contribution is 5.81. The minimum atomic E-state index is -0.0565. The van der Waals surface area contributed by atoms with E-state index in [1.807, 2.05) is 0 Å². The van der Waals surface area contributed by atoms with Gasteiger partial charge in [-0.1, -0.05) is 27.7 Å². The monoisotopic (exact) mass is 237 g/mol. The third-order valence-electron chi connectivity index (χ3n) is 4.87. The molecule has 1 amide bonds. The maximum Gasteiger partial charge on any atom is 0.221 e. The summed E-state index contributed by atoms with van der Waals surface area (Å²) in [6, 6.07) is 0. The molecule has 0 atom stereocenters. The van der Waals surface area contributed by atoms with Crippen LogP contribution in [0.2, 0.25) is 0 Å². The quantitative estimate of drug-likeness (QED) is 0.686. The van der Waals surface area contributed by atoms with Crippen molar-refractivity contribution in [3.8, 4) is 0 Å². The van der Waals surface area contributed by atoms with Gasteiger partial charge in [0.05, 0.1) is 0 Å². The van der Waals surface area contributed by atoms with Crippen LogP contribution in [0.3, 0.4) is 0 Å². The molecule has 1 N–H and O–H groups in total. The Labute approximate surface area is 106 Å². The summed E-state index contributed by atoms with van der Waals surface area (Å²) in [6.45, 7) is 13.8. The van der Waals surface area contributed by atoms with E-state index in [9.17, 15) is 4.79 Å². The van der Waals surface area contributed by atoms with Gasteiger partial charge in [0.15, 0.2) is 0 Å². The van der Waals surface area contributed by atoms with Crippen LogP contribution in [0.25, 0.3) is 0 Å². The lowest BCUT2D eigenvalue weighted by Crippen LogP contribution is -2.53. The van der Waals surface area contributed by atoms with E-state index in [4.69, 9.17) is 0 Å². The number of carbonyl (C=O) groups excluding carboxylic acids is 1. The Hall–Kier alpha value is -0.530. The Morgan fingerprint density at radius 2 is 1.35 bits per heavy atom. The Balaban J connectivity index is 2.40. The van der Waals surface area contributed by atoms with Crippen molar-refractivity contribution >= 4 is 5.91 Å². The third-order valence-corrected chi connectivity index (χ3v) is 4.87. The molecule has 1 heterocycles. The molecule has 17 heavy (non-hydrogen) atoms. The summed E-state index contributed by atoms with van der Waals surface area (Å²) in [5, 5.41) is 3.19. The minimum absolute atomic E-state index is 0.0565. The highest BCUT2D eigenvalue weighted by atomic mass is 16.2. The van der Waals surface area contributed by atoms with Gasteiger partial charge in [0, 0.05) is 17.4 Å². The topological polar surface area (TPSA) is 29.1 Å². The van der Waals surface area contributed by atoms with Crippen LogP contribution >= 0.6 is 0 Å². The normalized spacial score (nSPS) is 32.5. The number of rotatable bonds is 0. The van der Waals surface area contributed by atoms with Crippen molar-refractivity contribution in [2.24, 2.45) is 16.2 Å². The molecule has 1 saturated heterocycles. The van der Waals surface area contributed by atoms with Gasteiger partial charge in [0.1, 0.15) is 0 Å². The lowest BCUT2D eigenvalue weighted by atomic mass is 9.50. The zero-order valence-electron chi connectivity index (χ0n) is 12.2. The molecule has 2 aliphatic rings. The molecule has 0 radical (unpaired) electrons. The van der Waals surface area contributed by atoms with Crippen LogP contribution in [0.15, 0.2) is 0 Å². The number of amides is 1. The Morgan fingerprint density at radius 1 is 0.882 bits per heavy atom. The second kappa shape index (κ2) is 3.27. The van der Waals surface area contributed by atoms with E-state index in [1.165, 1.54) is 6.42 Å². The zero-order chi connectivity index (χ0) is 13.1. The zero-order valence-corrected chi connectivity index (χ0v) is 12.2. The summed E-state index contributed by atoms with van der Waals surface area (Å²) in [7, 11) is 0. The first kappa shape index (κ1) is 12.9. The van der Waals surface area contributed by atoms with E-state index in [-0.39, 0.29) is 16.9 Å². The van der Waals surface area contributed by atoms with Gasteiger partial charge in [-0.05, 0) is 43.9 Å². The van der Waals surface area contributed by atoms with E-state index in [1.54, 1.807) is 0 Å². The van der Waals surface area contributed by atoms with E-state index >= 15 is 0 Å². The van der Waals surface area contributed by atoms with Crippen molar-refractivity contribution in [2.45, 2.75) is 72.8 Å². The highest BCUT2D eigenvalue weighted by Gasteiger charge is 2.58. The summed E-state index contributed by atoms with van der Waals surface area (Å²) >= 11 is 0.